The van der Waals surface area contributed by atoms with Crippen molar-refractivity contribution in [3.05, 3.63) is 0 Å². The maximum atomic E-state index is 10.8. The number of carbonyl (C=O) groups excluding carboxylic acids is 1. The van der Waals surface area contributed by atoms with Gasteiger partial charge in [0.1, 0.15) is 6.10 Å². The van der Waals surface area contributed by atoms with Crippen molar-refractivity contribution in [2.45, 2.75) is 31.7 Å². The van der Waals surface area contributed by atoms with E-state index in [2.05, 4.69) is 0 Å². The van der Waals surface area contributed by atoms with Gasteiger partial charge in [-0.1, -0.05) is 37.0 Å². The minimum Gasteiger partial charge on any atom is -0.460 e. The molecule has 0 aliphatic heterocycles. The van der Waals surface area contributed by atoms with Crippen LogP contribution in [0.25, 0.3) is 0 Å². The van der Waals surface area contributed by atoms with Gasteiger partial charge in [0.05, 0.1) is 0 Å². The fourth-order valence-electron chi connectivity index (χ4n) is 0.371. The van der Waals surface area contributed by atoms with Crippen LogP contribution in [0.4, 0.5) is 0 Å². The van der Waals surface area contributed by atoms with E-state index in [0.717, 1.165) is 0 Å². The van der Waals surface area contributed by atoms with E-state index in [1.54, 1.807) is 6.92 Å². The molecule has 0 aromatic rings. The molecule has 1 atom stereocenters. The van der Waals surface area contributed by atoms with Crippen LogP contribution < -0.4 is 0 Å². The second-order valence-corrected chi connectivity index (χ2v) is 3.78. The van der Waals surface area contributed by atoms with Gasteiger partial charge in [0, 0.05) is 0 Å². The summed E-state index contributed by atoms with van der Waals surface area (Å²) in [5.41, 5.74) is 0. The van der Waals surface area contributed by atoms with Gasteiger partial charge in [-0.15, -0.1) is 0 Å². The molecule has 66 valence electrons. The molecule has 1 unspecified atom stereocenters. The summed E-state index contributed by atoms with van der Waals surface area (Å²) in [6, 6.07) is 0. The Hall–Kier alpha value is 0.0500. The molecule has 0 fully saturated rings. The molecule has 0 N–H and O–H groups in total. The third-order valence-electron chi connectivity index (χ3n) is 1.42. The van der Waals surface area contributed by atoms with Crippen molar-refractivity contribution >= 4 is 29.2 Å². The van der Waals surface area contributed by atoms with Crippen LogP contribution in [0.15, 0.2) is 0 Å². The molecule has 2 nitrogen and oxygen atoms in total. The lowest BCUT2D eigenvalue weighted by atomic mass is 10.1. The maximum absolute atomic E-state index is 10.8. The molecule has 0 aromatic carbocycles. The van der Waals surface area contributed by atoms with E-state index in [9.17, 15) is 4.79 Å². The largest absolute Gasteiger partial charge is 0.460 e. The molecule has 0 aromatic heterocycles. The Morgan fingerprint density at radius 2 is 1.73 bits per heavy atom. The molecule has 0 aliphatic carbocycles. The van der Waals surface area contributed by atoms with Gasteiger partial charge in [0.2, 0.25) is 4.84 Å². The summed E-state index contributed by atoms with van der Waals surface area (Å²) in [6.45, 7) is 5.71. The zero-order chi connectivity index (χ0) is 9.02. The van der Waals surface area contributed by atoms with Gasteiger partial charge in [0.15, 0.2) is 0 Å². The molecule has 4 heteroatoms. The first-order valence-electron chi connectivity index (χ1n) is 3.43. The van der Waals surface area contributed by atoms with Crippen LogP contribution in [0.2, 0.25) is 0 Å². The van der Waals surface area contributed by atoms with Crippen molar-refractivity contribution < 1.29 is 9.53 Å². The van der Waals surface area contributed by atoms with Crippen molar-refractivity contribution in [1.29, 1.82) is 0 Å². The second kappa shape index (κ2) is 4.83. The summed E-state index contributed by atoms with van der Waals surface area (Å²) in [6.07, 6.45) is -0.137. The Kier molecular flexibility index (Phi) is 4.86. The summed E-state index contributed by atoms with van der Waals surface area (Å²) >= 11 is 10.5. The van der Waals surface area contributed by atoms with Gasteiger partial charge >= 0.3 is 5.97 Å². The van der Waals surface area contributed by atoms with Gasteiger partial charge in [0.25, 0.3) is 0 Å². The van der Waals surface area contributed by atoms with Crippen LogP contribution in [0, 0.1) is 5.92 Å². The van der Waals surface area contributed by atoms with Crippen molar-refractivity contribution in [3.8, 4) is 0 Å². The molecule has 0 radical (unpaired) electrons. The van der Waals surface area contributed by atoms with E-state index < -0.39 is 10.8 Å². The van der Waals surface area contributed by atoms with Crippen molar-refractivity contribution in [2.24, 2.45) is 5.92 Å². The van der Waals surface area contributed by atoms with Gasteiger partial charge in [-0.2, -0.15) is 0 Å². The summed E-state index contributed by atoms with van der Waals surface area (Å²) in [7, 11) is 0. The molecule has 0 amide bonds. The molecule has 0 saturated carbocycles. The van der Waals surface area contributed by atoms with E-state index in [4.69, 9.17) is 27.9 Å². The maximum Gasteiger partial charge on any atom is 0.339 e. The first-order chi connectivity index (χ1) is 4.95. The lowest BCUT2D eigenvalue weighted by Gasteiger charge is -2.16. The number of hydrogen-bond acceptors (Lipinski definition) is 2. The number of hydrogen-bond donors (Lipinski definition) is 0. The van der Waals surface area contributed by atoms with E-state index in [-0.39, 0.29) is 12.0 Å². The minimum atomic E-state index is -1.07. The highest BCUT2D eigenvalue weighted by Crippen LogP contribution is 2.10. The van der Waals surface area contributed by atoms with Gasteiger partial charge in [-0.05, 0) is 12.8 Å². The van der Waals surface area contributed by atoms with E-state index >= 15 is 0 Å². The predicted octanol–water partition coefficient (Wildman–Crippen LogP) is 2.38. The standard InChI is InChI=1S/C7H12Cl2O2/c1-4(2)5(3)11-7(10)6(8)9/h4-6H,1-3H3. The van der Waals surface area contributed by atoms with Gasteiger partial charge < -0.3 is 4.74 Å². The molecule has 0 bridgehead atoms. The van der Waals surface area contributed by atoms with Crippen molar-refractivity contribution in [2.75, 3.05) is 0 Å². The fraction of sp³-hybridized carbons (Fsp3) is 0.857. The van der Waals surface area contributed by atoms with Crippen LogP contribution in [0.1, 0.15) is 20.8 Å². The lowest BCUT2D eigenvalue weighted by molar-refractivity contribution is -0.148. The molecular formula is C7H12Cl2O2. The summed E-state index contributed by atoms with van der Waals surface area (Å²) in [4.78, 5) is 9.70. The number of carbonyl (C=O) groups is 1. The molecule has 0 rings (SSSR count). The second-order valence-electron chi connectivity index (χ2n) is 2.69. The molecular weight excluding hydrogens is 187 g/mol. The molecule has 11 heavy (non-hydrogen) atoms. The van der Waals surface area contributed by atoms with E-state index in [0.29, 0.717) is 0 Å². The van der Waals surface area contributed by atoms with Crippen LogP contribution in [0.5, 0.6) is 0 Å². The summed E-state index contributed by atoms with van der Waals surface area (Å²) in [5, 5.41) is 0. The quantitative estimate of drug-likeness (QED) is 0.515. The Balaban J connectivity index is 3.76. The first-order valence-corrected chi connectivity index (χ1v) is 4.31. The van der Waals surface area contributed by atoms with E-state index in [1.807, 2.05) is 13.8 Å². The Morgan fingerprint density at radius 1 is 1.27 bits per heavy atom. The minimum absolute atomic E-state index is 0.137. The average molecular weight is 199 g/mol. The van der Waals surface area contributed by atoms with Crippen LogP contribution in [0.3, 0.4) is 0 Å². The highest BCUT2D eigenvalue weighted by Gasteiger charge is 2.18. The number of alkyl halides is 2. The van der Waals surface area contributed by atoms with Gasteiger partial charge in [-0.25, -0.2) is 4.79 Å². The third-order valence-corrected chi connectivity index (χ3v) is 1.78. The molecule has 0 heterocycles. The average Bonchev–Trinajstić information content (AvgIpc) is 1.87. The highest BCUT2D eigenvalue weighted by atomic mass is 35.5. The van der Waals surface area contributed by atoms with E-state index in [1.165, 1.54) is 0 Å². The lowest BCUT2D eigenvalue weighted by Crippen LogP contribution is -2.23. The first kappa shape index (κ1) is 11.1. The Morgan fingerprint density at radius 3 is 2.00 bits per heavy atom. The molecule has 0 aliphatic rings. The van der Waals surface area contributed by atoms with Crippen LogP contribution >= 0.6 is 23.2 Å². The van der Waals surface area contributed by atoms with Crippen LogP contribution in [-0.2, 0) is 9.53 Å². The van der Waals surface area contributed by atoms with Crippen molar-refractivity contribution in [3.63, 3.8) is 0 Å². The SMILES string of the molecule is CC(C)C(C)OC(=O)C(Cl)Cl. The fourth-order valence-corrected chi connectivity index (χ4v) is 0.474. The normalized spacial score (nSPS) is 13.7. The van der Waals surface area contributed by atoms with Crippen LogP contribution in [-0.4, -0.2) is 16.9 Å². The highest BCUT2D eigenvalue weighted by molar-refractivity contribution is 6.52. The number of rotatable bonds is 3. The van der Waals surface area contributed by atoms with Gasteiger partial charge in [-0.3, -0.25) is 0 Å². The monoisotopic (exact) mass is 198 g/mol. The summed E-state index contributed by atoms with van der Waals surface area (Å²) in [5.74, 6) is -0.291. The number of halogens is 2. The smallest absolute Gasteiger partial charge is 0.339 e. The zero-order valence-corrected chi connectivity index (χ0v) is 8.32. The predicted molar refractivity (Wildman–Crippen MR) is 45.9 cm³/mol. The zero-order valence-electron chi connectivity index (χ0n) is 6.80. The van der Waals surface area contributed by atoms with Crippen molar-refractivity contribution in [1.82, 2.24) is 0 Å². The topological polar surface area (TPSA) is 26.3 Å². The molecule has 0 spiro atoms. The Bertz CT molecular complexity index is 134. The number of ether oxygens (including phenoxy) is 1. The third kappa shape index (κ3) is 4.49. The summed E-state index contributed by atoms with van der Waals surface area (Å²) < 4.78 is 4.87. The Labute approximate surface area is 76.8 Å². The number of esters is 1. The molecule has 0 saturated heterocycles.